The minimum absolute atomic E-state index is 0.457. The van der Waals surface area contributed by atoms with Crippen LogP contribution in [0, 0.1) is 6.92 Å². The highest BCUT2D eigenvalue weighted by atomic mass is 16.5. The number of ether oxygens (including phenoxy) is 1. The summed E-state index contributed by atoms with van der Waals surface area (Å²) in [6, 6.07) is 9.07. The predicted octanol–water partition coefficient (Wildman–Crippen LogP) is 1.07. The van der Waals surface area contributed by atoms with Gasteiger partial charge in [0.15, 0.2) is 0 Å². The second-order valence-corrected chi connectivity index (χ2v) is 4.35. The van der Waals surface area contributed by atoms with Gasteiger partial charge in [-0.25, -0.2) is 0 Å². The summed E-state index contributed by atoms with van der Waals surface area (Å²) in [4.78, 5) is 0. The van der Waals surface area contributed by atoms with Gasteiger partial charge >= 0.3 is 0 Å². The first-order valence-corrected chi connectivity index (χ1v) is 5.92. The Morgan fingerprint density at radius 3 is 3.19 bits per heavy atom. The topological polar surface area (TPSA) is 33.3 Å². The van der Waals surface area contributed by atoms with E-state index in [1.54, 1.807) is 0 Å². The van der Waals surface area contributed by atoms with Gasteiger partial charge in [0.2, 0.25) is 0 Å². The Balaban J connectivity index is 1.71. The summed E-state index contributed by atoms with van der Waals surface area (Å²) in [5, 5.41) is 6.89. The number of aryl methyl sites for hydroxylation is 1. The number of nitrogens with one attached hydrogen (secondary N) is 2. The van der Waals surface area contributed by atoms with Gasteiger partial charge in [0.1, 0.15) is 0 Å². The van der Waals surface area contributed by atoms with Crippen molar-refractivity contribution in [3.05, 3.63) is 35.4 Å². The molecule has 1 aromatic rings. The highest BCUT2D eigenvalue weighted by Gasteiger charge is 2.11. The Bertz CT molecular complexity index is 321. The summed E-state index contributed by atoms with van der Waals surface area (Å²) in [6.45, 7) is 6.65. The average molecular weight is 220 g/mol. The van der Waals surface area contributed by atoms with Gasteiger partial charge in [-0.3, -0.25) is 0 Å². The Labute approximate surface area is 97.2 Å². The maximum Gasteiger partial charge on any atom is 0.0632 e. The first-order chi connectivity index (χ1) is 7.84. The fourth-order valence-electron chi connectivity index (χ4n) is 1.96. The number of morpholine rings is 1. The molecule has 1 unspecified atom stereocenters. The van der Waals surface area contributed by atoms with E-state index in [-0.39, 0.29) is 0 Å². The molecule has 1 atom stereocenters. The quantitative estimate of drug-likeness (QED) is 0.796. The van der Waals surface area contributed by atoms with Crippen LogP contribution in [0.15, 0.2) is 24.3 Å². The van der Waals surface area contributed by atoms with Gasteiger partial charge < -0.3 is 15.4 Å². The van der Waals surface area contributed by atoms with E-state index < -0.39 is 0 Å². The van der Waals surface area contributed by atoms with E-state index in [0.29, 0.717) is 6.04 Å². The molecule has 0 amide bonds. The molecular weight excluding hydrogens is 200 g/mol. The summed E-state index contributed by atoms with van der Waals surface area (Å²) in [7, 11) is 0. The van der Waals surface area contributed by atoms with E-state index in [9.17, 15) is 0 Å². The van der Waals surface area contributed by atoms with Crippen molar-refractivity contribution >= 4 is 0 Å². The summed E-state index contributed by atoms with van der Waals surface area (Å²) in [5.74, 6) is 0. The lowest BCUT2D eigenvalue weighted by Gasteiger charge is -2.24. The summed E-state index contributed by atoms with van der Waals surface area (Å²) >= 11 is 0. The predicted molar refractivity (Wildman–Crippen MR) is 65.5 cm³/mol. The fraction of sp³-hybridized carbons (Fsp3) is 0.538. The largest absolute Gasteiger partial charge is 0.378 e. The second-order valence-electron chi connectivity index (χ2n) is 4.35. The smallest absolute Gasteiger partial charge is 0.0632 e. The minimum Gasteiger partial charge on any atom is -0.378 e. The zero-order valence-corrected chi connectivity index (χ0v) is 9.83. The van der Waals surface area contributed by atoms with Crippen molar-refractivity contribution in [3.8, 4) is 0 Å². The Hall–Kier alpha value is -0.900. The molecule has 16 heavy (non-hydrogen) atoms. The van der Waals surface area contributed by atoms with E-state index in [2.05, 4.69) is 41.8 Å². The van der Waals surface area contributed by atoms with Gasteiger partial charge in [0, 0.05) is 25.7 Å². The Morgan fingerprint density at radius 1 is 1.50 bits per heavy atom. The van der Waals surface area contributed by atoms with E-state index >= 15 is 0 Å². The van der Waals surface area contributed by atoms with E-state index in [1.165, 1.54) is 11.1 Å². The van der Waals surface area contributed by atoms with Gasteiger partial charge in [-0.15, -0.1) is 0 Å². The lowest BCUT2D eigenvalue weighted by molar-refractivity contribution is 0.0766. The summed E-state index contributed by atoms with van der Waals surface area (Å²) in [5.41, 5.74) is 2.66. The standard InChI is InChI=1S/C13H20N2O/c1-11-3-2-4-12(7-11)8-14-9-13-10-16-6-5-15-13/h2-4,7,13-15H,5-6,8-10H2,1H3. The molecule has 3 nitrogen and oxygen atoms in total. The van der Waals surface area contributed by atoms with Crippen LogP contribution in [0.5, 0.6) is 0 Å². The molecule has 0 spiro atoms. The maximum absolute atomic E-state index is 5.40. The van der Waals surface area contributed by atoms with E-state index in [4.69, 9.17) is 4.74 Å². The van der Waals surface area contributed by atoms with Gasteiger partial charge in [-0.1, -0.05) is 29.8 Å². The molecule has 1 saturated heterocycles. The molecule has 0 aliphatic carbocycles. The van der Waals surface area contributed by atoms with Crippen LogP contribution in [0.4, 0.5) is 0 Å². The van der Waals surface area contributed by atoms with Gasteiger partial charge in [-0.2, -0.15) is 0 Å². The van der Waals surface area contributed by atoms with Crippen LogP contribution in [-0.4, -0.2) is 32.3 Å². The lowest BCUT2D eigenvalue weighted by Crippen LogP contribution is -2.47. The zero-order valence-electron chi connectivity index (χ0n) is 9.83. The summed E-state index contributed by atoms with van der Waals surface area (Å²) in [6.07, 6.45) is 0. The maximum atomic E-state index is 5.40. The normalized spacial score (nSPS) is 20.9. The molecule has 1 aliphatic heterocycles. The SMILES string of the molecule is Cc1cccc(CNCC2COCCN2)c1. The van der Waals surface area contributed by atoms with Crippen LogP contribution >= 0.6 is 0 Å². The van der Waals surface area contributed by atoms with Gasteiger partial charge in [0.25, 0.3) is 0 Å². The lowest BCUT2D eigenvalue weighted by atomic mass is 10.1. The zero-order chi connectivity index (χ0) is 11.2. The molecular formula is C13H20N2O. The third-order valence-electron chi connectivity index (χ3n) is 2.80. The number of hydrogen-bond acceptors (Lipinski definition) is 3. The third kappa shape index (κ3) is 3.59. The van der Waals surface area contributed by atoms with Crippen LogP contribution in [-0.2, 0) is 11.3 Å². The van der Waals surface area contributed by atoms with Crippen molar-refractivity contribution in [2.75, 3.05) is 26.3 Å². The molecule has 0 bridgehead atoms. The Kier molecular flexibility index (Phi) is 4.34. The molecule has 88 valence electrons. The number of hydrogen-bond donors (Lipinski definition) is 2. The molecule has 0 saturated carbocycles. The monoisotopic (exact) mass is 220 g/mol. The molecule has 2 rings (SSSR count). The fourth-order valence-corrected chi connectivity index (χ4v) is 1.96. The van der Waals surface area contributed by atoms with E-state index in [1.807, 2.05) is 0 Å². The van der Waals surface area contributed by atoms with Crippen molar-refractivity contribution < 1.29 is 4.74 Å². The number of rotatable bonds is 4. The van der Waals surface area contributed by atoms with Crippen LogP contribution in [0.25, 0.3) is 0 Å². The van der Waals surface area contributed by atoms with Crippen molar-refractivity contribution in [1.29, 1.82) is 0 Å². The molecule has 1 aromatic carbocycles. The highest BCUT2D eigenvalue weighted by molar-refractivity contribution is 5.21. The van der Waals surface area contributed by atoms with Crippen LogP contribution in [0.1, 0.15) is 11.1 Å². The number of benzene rings is 1. The third-order valence-corrected chi connectivity index (χ3v) is 2.80. The van der Waals surface area contributed by atoms with Gasteiger partial charge in [-0.05, 0) is 12.5 Å². The first kappa shape index (κ1) is 11.6. The van der Waals surface area contributed by atoms with Crippen LogP contribution in [0.3, 0.4) is 0 Å². The molecule has 1 fully saturated rings. The molecule has 0 aromatic heterocycles. The molecule has 0 radical (unpaired) electrons. The van der Waals surface area contributed by atoms with Crippen molar-refractivity contribution in [1.82, 2.24) is 10.6 Å². The van der Waals surface area contributed by atoms with Crippen LogP contribution < -0.4 is 10.6 Å². The average Bonchev–Trinajstić information content (AvgIpc) is 2.30. The van der Waals surface area contributed by atoms with Gasteiger partial charge in [0.05, 0.1) is 13.2 Å². The molecule has 1 aliphatic rings. The highest BCUT2D eigenvalue weighted by Crippen LogP contribution is 2.03. The van der Waals surface area contributed by atoms with Crippen molar-refractivity contribution in [2.45, 2.75) is 19.5 Å². The molecule has 1 heterocycles. The first-order valence-electron chi connectivity index (χ1n) is 5.92. The molecule has 3 heteroatoms. The summed E-state index contributed by atoms with van der Waals surface area (Å²) < 4.78 is 5.40. The van der Waals surface area contributed by atoms with Crippen molar-refractivity contribution in [2.24, 2.45) is 0 Å². The minimum atomic E-state index is 0.457. The molecule has 2 N–H and O–H groups in total. The van der Waals surface area contributed by atoms with Crippen LogP contribution in [0.2, 0.25) is 0 Å². The Morgan fingerprint density at radius 2 is 2.44 bits per heavy atom. The van der Waals surface area contributed by atoms with E-state index in [0.717, 1.165) is 32.8 Å². The second kappa shape index (κ2) is 5.99. The van der Waals surface area contributed by atoms with Crippen molar-refractivity contribution in [3.63, 3.8) is 0 Å².